The van der Waals surface area contributed by atoms with Crippen molar-refractivity contribution in [2.24, 2.45) is 5.92 Å². The van der Waals surface area contributed by atoms with Gasteiger partial charge < -0.3 is 9.67 Å². The summed E-state index contributed by atoms with van der Waals surface area (Å²) in [5.41, 5.74) is 2.24. The van der Waals surface area contributed by atoms with Gasteiger partial charge in [-0.1, -0.05) is 0 Å². The Morgan fingerprint density at radius 1 is 1.50 bits per heavy atom. The summed E-state index contributed by atoms with van der Waals surface area (Å²) < 4.78 is 2.27. The van der Waals surface area contributed by atoms with Crippen LogP contribution in [0.15, 0.2) is 0 Å². The summed E-state index contributed by atoms with van der Waals surface area (Å²) in [6.07, 6.45) is 4.25. The number of hydrogen-bond acceptors (Lipinski definition) is 2. The number of carboxylic acids is 1. The SMILES string of the molecule is Cc1nc2n(c1C1CC1C(=O)O)CCCC2. The van der Waals surface area contributed by atoms with Crippen LogP contribution in [0.2, 0.25) is 0 Å². The van der Waals surface area contributed by atoms with E-state index in [0.29, 0.717) is 0 Å². The third-order valence-electron chi connectivity index (χ3n) is 3.76. The molecular weight excluding hydrogens is 204 g/mol. The van der Waals surface area contributed by atoms with Crippen molar-refractivity contribution in [3.63, 3.8) is 0 Å². The number of hydrogen-bond donors (Lipinski definition) is 1. The summed E-state index contributed by atoms with van der Waals surface area (Å²) in [4.78, 5) is 15.5. The Hall–Kier alpha value is -1.32. The quantitative estimate of drug-likeness (QED) is 0.825. The van der Waals surface area contributed by atoms with Crippen molar-refractivity contribution in [1.29, 1.82) is 0 Å². The van der Waals surface area contributed by atoms with E-state index >= 15 is 0 Å². The molecule has 0 radical (unpaired) electrons. The standard InChI is InChI=1S/C12H16N2O2/c1-7-11(8-6-9(8)12(15)16)14-5-3-2-4-10(14)13-7/h8-9H,2-6H2,1H3,(H,15,16). The Kier molecular flexibility index (Phi) is 2.06. The van der Waals surface area contributed by atoms with E-state index in [4.69, 9.17) is 5.11 Å². The highest BCUT2D eigenvalue weighted by molar-refractivity contribution is 5.75. The van der Waals surface area contributed by atoms with Gasteiger partial charge >= 0.3 is 5.97 Å². The summed E-state index contributed by atoms with van der Waals surface area (Å²) in [7, 11) is 0. The van der Waals surface area contributed by atoms with E-state index in [0.717, 1.165) is 30.9 Å². The van der Waals surface area contributed by atoms with Gasteiger partial charge in [0.1, 0.15) is 5.82 Å². The molecule has 3 rings (SSSR count). The first kappa shape index (κ1) is 9.87. The molecule has 0 spiro atoms. The zero-order chi connectivity index (χ0) is 11.3. The van der Waals surface area contributed by atoms with Gasteiger partial charge in [-0.3, -0.25) is 4.79 Å². The van der Waals surface area contributed by atoms with Gasteiger partial charge in [0.05, 0.1) is 11.6 Å². The Morgan fingerprint density at radius 3 is 3.00 bits per heavy atom. The number of carboxylic acid groups (broad SMARTS) is 1. The molecular formula is C12H16N2O2. The van der Waals surface area contributed by atoms with Crippen LogP contribution in [-0.2, 0) is 17.8 Å². The van der Waals surface area contributed by atoms with Crippen molar-refractivity contribution in [3.05, 3.63) is 17.2 Å². The lowest BCUT2D eigenvalue weighted by Gasteiger charge is -2.16. The van der Waals surface area contributed by atoms with Crippen LogP contribution >= 0.6 is 0 Å². The van der Waals surface area contributed by atoms with E-state index in [1.54, 1.807) is 0 Å². The number of imidazole rings is 1. The number of aryl methyl sites for hydroxylation is 2. The van der Waals surface area contributed by atoms with E-state index in [1.165, 1.54) is 18.5 Å². The van der Waals surface area contributed by atoms with Crippen molar-refractivity contribution in [2.75, 3.05) is 0 Å². The maximum Gasteiger partial charge on any atom is 0.307 e. The number of fused-ring (bicyclic) bond motifs is 1. The number of nitrogens with zero attached hydrogens (tertiary/aromatic N) is 2. The van der Waals surface area contributed by atoms with Gasteiger partial charge in [0.25, 0.3) is 0 Å². The summed E-state index contributed by atoms with van der Waals surface area (Å²) in [5, 5.41) is 8.99. The highest BCUT2D eigenvalue weighted by Crippen LogP contribution is 2.49. The molecule has 2 unspecified atom stereocenters. The molecule has 1 N–H and O–H groups in total. The van der Waals surface area contributed by atoms with E-state index < -0.39 is 5.97 Å². The van der Waals surface area contributed by atoms with Crippen molar-refractivity contribution in [1.82, 2.24) is 9.55 Å². The minimum Gasteiger partial charge on any atom is -0.481 e. The highest BCUT2D eigenvalue weighted by atomic mass is 16.4. The largest absolute Gasteiger partial charge is 0.481 e. The van der Waals surface area contributed by atoms with Crippen LogP contribution in [-0.4, -0.2) is 20.6 Å². The van der Waals surface area contributed by atoms with Crippen LogP contribution < -0.4 is 0 Å². The lowest BCUT2D eigenvalue weighted by atomic mass is 10.1. The molecule has 1 saturated carbocycles. The normalized spacial score (nSPS) is 27.6. The van der Waals surface area contributed by atoms with Gasteiger partial charge in [-0.2, -0.15) is 0 Å². The van der Waals surface area contributed by atoms with Crippen molar-refractivity contribution >= 4 is 5.97 Å². The number of rotatable bonds is 2. The Labute approximate surface area is 94.3 Å². The lowest BCUT2D eigenvalue weighted by molar-refractivity contribution is -0.138. The Bertz CT molecular complexity index is 450. The molecule has 4 nitrogen and oxygen atoms in total. The second kappa shape index (κ2) is 3.34. The molecule has 2 aliphatic rings. The molecule has 0 amide bonds. The molecule has 0 bridgehead atoms. The summed E-state index contributed by atoms with van der Waals surface area (Å²) in [6.45, 7) is 3.03. The Balaban J connectivity index is 1.95. The van der Waals surface area contributed by atoms with E-state index in [9.17, 15) is 4.79 Å². The zero-order valence-corrected chi connectivity index (χ0v) is 9.44. The van der Waals surface area contributed by atoms with Crippen molar-refractivity contribution < 1.29 is 9.90 Å². The van der Waals surface area contributed by atoms with Crippen molar-refractivity contribution in [2.45, 2.75) is 45.1 Å². The maximum absolute atomic E-state index is 10.9. The fraction of sp³-hybridized carbons (Fsp3) is 0.667. The molecule has 16 heavy (non-hydrogen) atoms. The molecule has 2 heterocycles. The molecule has 1 aromatic rings. The first-order valence-corrected chi connectivity index (χ1v) is 5.97. The van der Waals surface area contributed by atoms with Crippen LogP contribution in [0.5, 0.6) is 0 Å². The molecule has 0 aromatic carbocycles. The molecule has 1 fully saturated rings. The number of aromatic nitrogens is 2. The first-order valence-electron chi connectivity index (χ1n) is 5.97. The van der Waals surface area contributed by atoms with Crippen LogP contribution in [0.25, 0.3) is 0 Å². The van der Waals surface area contributed by atoms with E-state index in [1.807, 2.05) is 6.92 Å². The van der Waals surface area contributed by atoms with Gasteiger partial charge in [0.2, 0.25) is 0 Å². The maximum atomic E-state index is 10.9. The monoisotopic (exact) mass is 220 g/mol. The summed E-state index contributed by atoms with van der Waals surface area (Å²) >= 11 is 0. The van der Waals surface area contributed by atoms with E-state index in [2.05, 4.69) is 9.55 Å². The highest BCUT2D eigenvalue weighted by Gasteiger charge is 2.47. The fourth-order valence-electron chi connectivity index (χ4n) is 2.88. The zero-order valence-electron chi connectivity index (χ0n) is 9.44. The second-order valence-corrected chi connectivity index (χ2v) is 4.89. The molecule has 1 aromatic heterocycles. The summed E-state index contributed by atoms with van der Waals surface area (Å²) in [6, 6.07) is 0. The molecule has 86 valence electrons. The van der Waals surface area contributed by atoms with Crippen LogP contribution in [0.1, 0.15) is 42.4 Å². The average Bonchev–Trinajstić information content (AvgIpc) is 2.95. The third kappa shape index (κ3) is 1.36. The average molecular weight is 220 g/mol. The predicted octanol–water partition coefficient (Wildman–Crippen LogP) is 1.72. The first-order chi connectivity index (χ1) is 7.68. The molecule has 1 aliphatic heterocycles. The lowest BCUT2D eigenvalue weighted by Crippen LogP contribution is -2.13. The third-order valence-corrected chi connectivity index (χ3v) is 3.76. The molecule has 4 heteroatoms. The minimum absolute atomic E-state index is 0.165. The number of aliphatic carboxylic acids is 1. The van der Waals surface area contributed by atoms with Crippen LogP contribution in [0, 0.1) is 12.8 Å². The topological polar surface area (TPSA) is 55.1 Å². The number of carbonyl (C=O) groups is 1. The Morgan fingerprint density at radius 2 is 2.31 bits per heavy atom. The van der Waals surface area contributed by atoms with Crippen LogP contribution in [0.4, 0.5) is 0 Å². The second-order valence-electron chi connectivity index (χ2n) is 4.89. The summed E-state index contributed by atoms with van der Waals surface area (Å²) in [5.74, 6) is 0.559. The minimum atomic E-state index is -0.657. The van der Waals surface area contributed by atoms with Gasteiger partial charge in [-0.05, 0) is 26.2 Å². The van der Waals surface area contributed by atoms with E-state index in [-0.39, 0.29) is 11.8 Å². The van der Waals surface area contributed by atoms with Gasteiger partial charge in [-0.15, -0.1) is 0 Å². The smallest absolute Gasteiger partial charge is 0.307 e. The molecule has 0 saturated heterocycles. The van der Waals surface area contributed by atoms with Gasteiger partial charge in [0, 0.05) is 24.6 Å². The van der Waals surface area contributed by atoms with Crippen LogP contribution in [0.3, 0.4) is 0 Å². The fourth-order valence-corrected chi connectivity index (χ4v) is 2.88. The van der Waals surface area contributed by atoms with Gasteiger partial charge in [-0.25, -0.2) is 4.98 Å². The van der Waals surface area contributed by atoms with Gasteiger partial charge in [0.15, 0.2) is 0 Å². The van der Waals surface area contributed by atoms with Crippen molar-refractivity contribution in [3.8, 4) is 0 Å². The molecule has 2 atom stereocenters. The molecule has 1 aliphatic carbocycles. The predicted molar refractivity (Wildman–Crippen MR) is 58.4 cm³/mol.